The molecule has 0 spiro atoms. The first-order valence-corrected chi connectivity index (χ1v) is 17.8. The van der Waals surface area contributed by atoms with Crippen molar-refractivity contribution in [1.29, 1.82) is 0 Å². The molecule has 1 amide bonds. The summed E-state index contributed by atoms with van der Waals surface area (Å²) in [4.78, 5) is 23.7. The SMILES string of the molecule is CCOCCn1c(NC2CCN(CCC3(c4ccccc4)CCN(C(=O)c4cc(N5CCN=N5)ccc4OC)C3)CC2)nc2ccccc21. The van der Waals surface area contributed by atoms with Crippen molar-refractivity contribution in [2.75, 3.05) is 76.5 Å². The number of likely N-dealkylation sites (tertiary alicyclic amines) is 2. The fourth-order valence-electron chi connectivity index (χ4n) is 7.67. The van der Waals surface area contributed by atoms with Gasteiger partial charge >= 0.3 is 0 Å². The van der Waals surface area contributed by atoms with Crippen LogP contribution in [0.5, 0.6) is 5.75 Å². The minimum atomic E-state index is -0.106. The fraction of sp³-hybridized carbons (Fsp3) is 0.474. The number of carbonyl (C=O) groups excluding carboxylic acids is 1. The number of ether oxygens (including phenoxy) is 2. The van der Waals surface area contributed by atoms with Gasteiger partial charge in [-0.05, 0) is 75.0 Å². The third kappa shape index (κ3) is 7.14. The standard InChI is InChI=1S/C38H48N8O3/c1-3-49-26-25-45-34-12-8-7-11-33(34)41-37(45)40-30-15-20-43(21-16-30)22-17-38(29-9-5-4-6-10-29)18-23-44(28-38)36(47)32-27-31(13-14-35(32)48-2)46-24-19-39-42-46/h4-14,27,30H,3,15-26,28H2,1-2H3,(H,40,41). The summed E-state index contributed by atoms with van der Waals surface area (Å²) in [6.07, 6.45) is 4.05. The number of carbonyl (C=O) groups is 1. The first-order chi connectivity index (χ1) is 24.1. The topological polar surface area (TPSA) is 99.8 Å². The molecule has 1 aromatic heterocycles. The fourth-order valence-corrected chi connectivity index (χ4v) is 7.67. The highest BCUT2D eigenvalue weighted by atomic mass is 16.5. The number of nitrogens with one attached hydrogen (secondary N) is 1. The highest BCUT2D eigenvalue weighted by Crippen LogP contribution is 2.40. The van der Waals surface area contributed by atoms with Crippen LogP contribution in [0.2, 0.25) is 0 Å². The third-order valence-electron chi connectivity index (χ3n) is 10.5. The van der Waals surface area contributed by atoms with Crippen LogP contribution in [-0.2, 0) is 16.7 Å². The smallest absolute Gasteiger partial charge is 0.257 e. The molecule has 4 aromatic rings. The van der Waals surface area contributed by atoms with E-state index in [9.17, 15) is 4.79 Å². The van der Waals surface area contributed by atoms with Crippen LogP contribution in [0.15, 0.2) is 83.1 Å². The van der Waals surface area contributed by atoms with Crippen molar-refractivity contribution >= 4 is 28.6 Å². The molecule has 0 saturated carbocycles. The average molecular weight is 665 g/mol. The van der Waals surface area contributed by atoms with E-state index in [-0.39, 0.29) is 11.3 Å². The maximum Gasteiger partial charge on any atom is 0.257 e. The van der Waals surface area contributed by atoms with Crippen molar-refractivity contribution < 1.29 is 14.3 Å². The molecule has 3 aromatic carbocycles. The van der Waals surface area contributed by atoms with E-state index in [4.69, 9.17) is 14.5 Å². The predicted octanol–water partition coefficient (Wildman–Crippen LogP) is 6.02. The lowest BCUT2D eigenvalue weighted by Gasteiger charge is -2.36. The molecule has 258 valence electrons. The first-order valence-electron chi connectivity index (χ1n) is 17.8. The van der Waals surface area contributed by atoms with Gasteiger partial charge in [-0.15, -0.1) is 0 Å². The number of para-hydroxylation sites is 2. The van der Waals surface area contributed by atoms with Gasteiger partial charge in [0.25, 0.3) is 5.91 Å². The van der Waals surface area contributed by atoms with Crippen LogP contribution in [0, 0.1) is 0 Å². The lowest BCUT2D eigenvalue weighted by Crippen LogP contribution is -2.42. The van der Waals surface area contributed by atoms with E-state index < -0.39 is 0 Å². The first kappa shape index (κ1) is 33.0. The van der Waals surface area contributed by atoms with Gasteiger partial charge < -0.3 is 29.2 Å². The van der Waals surface area contributed by atoms with Crippen LogP contribution in [-0.4, -0.2) is 97.4 Å². The van der Waals surface area contributed by atoms with E-state index in [1.165, 1.54) is 5.56 Å². The number of imidazole rings is 1. The third-order valence-corrected chi connectivity index (χ3v) is 10.5. The molecule has 1 atom stereocenters. The summed E-state index contributed by atoms with van der Waals surface area (Å²) in [5.74, 6) is 1.53. The van der Waals surface area contributed by atoms with E-state index in [1.54, 1.807) is 7.11 Å². The normalized spacial score (nSPS) is 20.0. The van der Waals surface area contributed by atoms with Gasteiger partial charge in [-0.25, -0.2) is 9.99 Å². The Morgan fingerprint density at radius 3 is 2.57 bits per heavy atom. The zero-order valence-corrected chi connectivity index (χ0v) is 28.8. The van der Waals surface area contributed by atoms with Crippen molar-refractivity contribution in [3.63, 3.8) is 0 Å². The minimum Gasteiger partial charge on any atom is -0.496 e. The number of fused-ring (bicyclic) bond motifs is 1. The van der Waals surface area contributed by atoms with E-state index >= 15 is 0 Å². The Morgan fingerprint density at radius 1 is 0.980 bits per heavy atom. The molecule has 2 saturated heterocycles. The Balaban J connectivity index is 1.00. The number of hydrogen-bond donors (Lipinski definition) is 1. The number of hydrogen-bond acceptors (Lipinski definition) is 9. The molecule has 4 heterocycles. The summed E-state index contributed by atoms with van der Waals surface area (Å²) in [5, 5.41) is 13.9. The van der Waals surface area contributed by atoms with Crippen molar-refractivity contribution in [3.8, 4) is 5.75 Å². The predicted molar refractivity (Wildman–Crippen MR) is 193 cm³/mol. The van der Waals surface area contributed by atoms with Gasteiger partial charge in [0.15, 0.2) is 0 Å². The highest BCUT2D eigenvalue weighted by Gasteiger charge is 2.42. The number of benzene rings is 3. The molecule has 11 heteroatoms. The average Bonchev–Trinajstić information content (AvgIpc) is 3.92. The van der Waals surface area contributed by atoms with Crippen LogP contribution in [0.25, 0.3) is 11.0 Å². The molecule has 11 nitrogen and oxygen atoms in total. The number of rotatable bonds is 13. The van der Waals surface area contributed by atoms with Gasteiger partial charge in [-0.3, -0.25) is 4.79 Å². The maximum atomic E-state index is 14.1. The summed E-state index contributed by atoms with van der Waals surface area (Å²) in [6.45, 7) is 10.0. The lowest BCUT2D eigenvalue weighted by molar-refractivity contribution is 0.0777. The molecule has 7 rings (SSSR count). The van der Waals surface area contributed by atoms with E-state index in [1.807, 2.05) is 41.1 Å². The monoisotopic (exact) mass is 664 g/mol. The Hall–Kier alpha value is -4.48. The number of aromatic nitrogens is 2. The second kappa shape index (κ2) is 15.0. The largest absolute Gasteiger partial charge is 0.496 e. The highest BCUT2D eigenvalue weighted by molar-refractivity contribution is 5.98. The second-order valence-corrected chi connectivity index (χ2v) is 13.4. The molecular weight excluding hydrogens is 616 g/mol. The van der Waals surface area contributed by atoms with Crippen molar-refractivity contribution in [2.24, 2.45) is 10.3 Å². The van der Waals surface area contributed by atoms with Crippen molar-refractivity contribution in [1.82, 2.24) is 19.4 Å². The van der Waals surface area contributed by atoms with Gasteiger partial charge in [-0.2, -0.15) is 5.11 Å². The molecule has 0 aliphatic carbocycles. The van der Waals surface area contributed by atoms with E-state index in [0.717, 1.165) is 74.5 Å². The summed E-state index contributed by atoms with van der Waals surface area (Å²) >= 11 is 0. The number of amides is 1. The Morgan fingerprint density at radius 2 is 1.80 bits per heavy atom. The lowest BCUT2D eigenvalue weighted by atomic mass is 9.76. The number of methoxy groups -OCH3 is 1. The van der Waals surface area contributed by atoms with Gasteiger partial charge in [0.2, 0.25) is 5.95 Å². The minimum absolute atomic E-state index is 0.00630. The van der Waals surface area contributed by atoms with Gasteiger partial charge in [0.05, 0.1) is 49.1 Å². The Kier molecular flexibility index (Phi) is 10.1. The molecule has 0 radical (unpaired) electrons. The zero-order chi connectivity index (χ0) is 33.6. The number of anilines is 2. The second-order valence-electron chi connectivity index (χ2n) is 13.4. The summed E-state index contributed by atoms with van der Waals surface area (Å²) < 4.78 is 13.6. The molecule has 3 aliphatic heterocycles. The van der Waals surface area contributed by atoms with Crippen LogP contribution in [0.3, 0.4) is 0 Å². The van der Waals surface area contributed by atoms with Gasteiger partial charge in [0.1, 0.15) is 5.75 Å². The molecule has 1 unspecified atom stereocenters. The molecule has 2 fully saturated rings. The van der Waals surface area contributed by atoms with E-state index in [0.29, 0.717) is 56.7 Å². The van der Waals surface area contributed by atoms with Gasteiger partial charge in [0, 0.05) is 50.8 Å². The van der Waals surface area contributed by atoms with Gasteiger partial charge in [-0.1, -0.05) is 47.7 Å². The summed E-state index contributed by atoms with van der Waals surface area (Å²) in [7, 11) is 1.62. The molecule has 49 heavy (non-hydrogen) atoms. The van der Waals surface area contributed by atoms with Crippen LogP contribution in [0.4, 0.5) is 11.6 Å². The van der Waals surface area contributed by atoms with Crippen molar-refractivity contribution in [3.05, 3.63) is 83.9 Å². The van der Waals surface area contributed by atoms with Crippen LogP contribution < -0.4 is 15.1 Å². The summed E-state index contributed by atoms with van der Waals surface area (Å²) in [6, 6.07) is 25.2. The van der Waals surface area contributed by atoms with Crippen LogP contribution >= 0.6 is 0 Å². The number of piperidine rings is 1. The molecular formula is C38H48N8O3. The summed E-state index contributed by atoms with van der Waals surface area (Å²) in [5.41, 5.74) is 4.79. The quantitative estimate of drug-likeness (QED) is 0.175. The molecule has 1 N–H and O–H groups in total. The molecule has 0 bridgehead atoms. The Labute approximate surface area is 288 Å². The van der Waals surface area contributed by atoms with Crippen LogP contribution in [0.1, 0.15) is 48.5 Å². The maximum absolute atomic E-state index is 14.1. The Bertz CT molecular complexity index is 1750. The van der Waals surface area contributed by atoms with Crippen molar-refractivity contribution in [2.45, 2.75) is 50.6 Å². The molecule has 3 aliphatic rings. The van der Waals surface area contributed by atoms with E-state index in [2.05, 4.69) is 73.7 Å². The zero-order valence-electron chi connectivity index (χ0n) is 28.8. The number of nitrogens with zero attached hydrogens (tertiary/aromatic N) is 7.